The summed E-state index contributed by atoms with van der Waals surface area (Å²) >= 11 is 10.8. The summed E-state index contributed by atoms with van der Waals surface area (Å²) in [6, 6.07) is 14.7. The molecular formula is C20H13BrClN3O2S. The van der Waals surface area contributed by atoms with Crippen molar-refractivity contribution < 1.29 is 4.42 Å². The molecule has 8 heteroatoms. The normalized spacial score (nSPS) is 11.8. The van der Waals surface area contributed by atoms with E-state index in [2.05, 4.69) is 31.4 Å². The van der Waals surface area contributed by atoms with Crippen molar-refractivity contribution in [1.82, 2.24) is 4.98 Å². The third-order valence-electron chi connectivity index (χ3n) is 4.05. The maximum absolute atomic E-state index is 12.3. The Labute approximate surface area is 177 Å². The summed E-state index contributed by atoms with van der Waals surface area (Å²) in [6.45, 7) is 1.75. The van der Waals surface area contributed by atoms with Crippen LogP contribution in [0.3, 0.4) is 0 Å². The Morgan fingerprint density at radius 2 is 2.00 bits per heavy atom. The summed E-state index contributed by atoms with van der Waals surface area (Å²) in [6.07, 6.45) is 0. The average Bonchev–Trinajstić information content (AvgIpc) is 3.15. The van der Waals surface area contributed by atoms with Crippen LogP contribution in [0.4, 0.5) is 5.13 Å². The molecule has 0 saturated carbocycles. The van der Waals surface area contributed by atoms with Gasteiger partial charge in [-0.2, -0.15) is 5.10 Å². The number of aromatic nitrogens is 1. The number of benzene rings is 2. The van der Waals surface area contributed by atoms with Gasteiger partial charge in [-0.25, -0.2) is 9.78 Å². The van der Waals surface area contributed by atoms with Crippen molar-refractivity contribution >= 4 is 60.7 Å². The summed E-state index contributed by atoms with van der Waals surface area (Å²) < 4.78 is 6.29. The van der Waals surface area contributed by atoms with Gasteiger partial charge in [0.25, 0.3) is 0 Å². The van der Waals surface area contributed by atoms with E-state index in [1.165, 1.54) is 11.3 Å². The van der Waals surface area contributed by atoms with Gasteiger partial charge in [0.1, 0.15) is 5.58 Å². The molecular weight excluding hydrogens is 462 g/mol. The minimum absolute atomic E-state index is 0.396. The van der Waals surface area contributed by atoms with Crippen LogP contribution >= 0.6 is 38.9 Å². The first-order valence-corrected chi connectivity index (χ1v) is 10.3. The van der Waals surface area contributed by atoms with Crippen molar-refractivity contribution in [3.8, 4) is 11.3 Å². The second kappa shape index (κ2) is 7.87. The minimum atomic E-state index is -0.432. The number of thiazole rings is 1. The molecule has 2 aromatic heterocycles. The summed E-state index contributed by atoms with van der Waals surface area (Å²) in [5.74, 6) is 0. The highest BCUT2D eigenvalue weighted by molar-refractivity contribution is 9.10. The SMILES string of the molecule is C/C(=N\Nc1nc(-c2ccc(Cl)cc2)cs1)c1cc2cc(Br)ccc2oc1=O. The van der Waals surface area contributed by atoms with E-state index in [0.717, 1.165) is 21.1 Å². The van der Waals surface area contributed by atoms with Crippen molar-refractivity contribution in [2.24, 2.45) is 5.10 Å². The molecule has 0 aliphatic rings. The van der Waals surface area contributed by atoms with E-state index in [-0.39, 0.29) is 0 Å². The van der Waals surface area contributed by atoms with Crippen LogP contribution in [0, 0.1) is 0 Å². The summed E-state index contributed by atoms with van der Waals surface area (Å²) in [5, 5.41) is 8.35. The standard InChI is InChI=1S/C20H13BrClN3O2S/c1-11(16-9-13-8-14(21)4-7-18(13)27-19(16)26)24-25-20-23-17(10-28-20)12-2-5-15(22)6-3-12/h2-10H,1H3,(H,23,25)/b24-11+. The maximum Gasteiger partial charge on any atom is 0.345 e. The molecule has 0 atom stereocenters. The van der Waals surface area contributed by atoms with E-state index in [0.29, 0.717) is 27.0 Å². The van der Waals surface area contributed by atoms with Gasteiger partial charge in [0.2, 0.25) is 5.13 Å². The Morgan fingerprint density at radius 1 is 1.21 bits per heavy atom. The number of hydrazone groups is 1. The molecule has 4 aromatic rings. The van der Waals surface area contributed by atoms with E-state index in [1.807, 2.05) is 41.8 Å². The third-order valence-corrected chi connectivity index (χ3v) is 5.54. The molecule has 1 N–H and O–H groups in total. The number of nitrogens with one attached hydrogen (secondary N) is 1. The van der Waals surface area contributed by atoms with E-state index in [4.69, 9.17) is 16.0 Å². The molecule has 2 heterocycles. The molecule has 140 valence electrons. The molecule has 0 spiro atoms. The highest BCUT2D eigenvalue weighted by Crippen LogP contribution is 2.26. The number of hydrogen-bond acceptors (Lipinski definition) is 6. The lowest BCUT2D eigenvalue weighted by molar-refractivity contribution is 0.559. The Morgan fingerprint density at radius 3 is 2.79 bits per heavy atom. The first kappa shape index (κ1) is 18.9. The first-order valence-electron chi connectivity index (χ1n) is 8.25. The summed E-state index contributed by atoms with van der Waals surface area (Å²) in [7, 11) is 0. The molecule has 0 bridgehead atoms. The van der Waals surface area contributed by atoms with Crippen molar-refractivity contribution in [3.05, 3.63) is 79.4 Å². The number of fused-ring (bicyclic) bond motifs is 1. The Kier molecular flexibility index (Phi) is 5.30. The molecule has 0 amide bonds. The lowest BCUT2D eigenvalue weighted by atomic mass is 10.1. The predicted molar refractivity (Wildman–Crippen MR) is 119 cm³/mol. The first-order chi connectivity index (χ1) is 13.5. The van der Waals surface area contributed by atoms with Crippen LogP contribution in [-0.2, 0) is 0 Å². The van der Waals surface area contributed by atoms with Crippen molar-refractivity contribution in [3.63, 3.8) is 0 Å². The molecule has 2 aromatic carbocycles. The van der Waals surface area contributed by atoms with Gasteiger partial charge in [0.05, 0.1) is 17.0 Å². The second-order valence-corrected chi connectivity index (χ2v) is 8.19. The lowest BCUT2D eigenvalue weighted by Gasteiger charge is -2.03. The largest absolute Gasteiger partial charge is 0.422 e. The van der Waals surface area contributed by atoms with Crippen LogP contribution in [0.5, 0.6) is 0 Å². The number of anilines is 1. The van der Waals surface area contributed by atoms with Gasteiger partial charge in [0.15, 0.2) is 0 Å². The van der Waals surface area contributed by atoms with Gasteiger partial charge >= 0.3 is 5.63 Å². The topological polar surface area (TPSA) is 67.5 Å². The highest BCUT2D eigenvalue weighted by Gasteiger charge is 2.10. The number of rotatable bonds is 4. The summed E-state index contributed by atoms with van der Waals surface area (Å²) in [4.78, 5) is 16.8. The van der Waals surface area contributed by atoms with Crippen LogP contribution < -0.4 is 11.1 Å². The van der Waals surface area contributed by atoms with Gasteiger partial charge in [-0.15, -0.1) is 11.3 Å². The van der Waals surface area contributed by atoms with Gasteiger partial charge in [-0.3, -0.25) is 5.43 Å². The van der Waals surface area contributed by atoms with Crippen LogP contribution in [0.1, 0.15) is 12.5 Å². The molecule has 4 rings (SSSR count). The zero-order valence-corrected chi connectivity index (χ0v) is 17.7. The molecule has 28 heavy (non-hydrogen) atoms. The zero-order chi connectivity index (χ0) is 19.7. The maximum atomic E-state index is 12.3. The summed E-state index contributed by atoms with van der Waals surface area (Å²) in [5.41, 5.74) is 5.71. The molecule has 5 nitrogen and oxygen atoms in total. The Hall–Kier alpha value is -2.48. The van der Waals surface area contributed by atoms with Gasteiger partial charge < -0.3 is 4.42 Å². The molecule has 0 aliphatic heterocycles. The molecule has 0 fully saturated rings. The van der Waals surface area contributed by atoms with Crippen LogP contribution in [0.2, 0.25) is 5.02 Å². The Bertz CT molecular complexity index is 1250. The fraction of sp³-hybridized carbons (Fsp3) is 0.0500. The second-order valence-electron chi connectivity index (χ2n) is 5.98. The zero-order valence-electron chi connectivity index (χ0n) is 14.6. The van der Waals surface area contributed by atoms with Crippen molar-refractivity contribution in [2.45, 2.75) is 6.92 Å². The van der Waals surface area contributed by atoms with Crippen LogP contribution in [-0.4, -0.2) is 10.7 Å². The predicted octanol–water partition coefficient (Wildman–Crippen LogP) is 6.17. The number of halogens is 2. The quantitative estimate of drug-likeness (QED) is 0.218. The average molecular weight is 475 g/mol. The smallest absolute Gasteiger partial charge is 0.345 e. The van der Waals surface area contributed by atoms with E-state index < -0.39 is 5.63 Å². The molecule has 0 radical (unpaired) electrons. The van der Waals surface area contributed by atoms with Crippen LogP contribution in [0.15, 0.2) is 72.7 Å². The van der Waals surface area contributed by atoms with Crippen molar-refractivity contribution in [2.75, 3.05) is 5.43 Å². The highest BCUT2D eigenvalue weighted by atomic mass is 79.9. The monoisotopic (exact) mass is 473 g/mol. The Balaban J connectivity index is 1.58. The van der Waals surface area contributed by atoms with E-state index in [9.17, 15) is 4.79 Å². The van der Waals surface area contributed by atoms with E-state index >= 15 is 0 Å². The number of nitrogens with zero attached hydrogens (tertiary/aromatic N) is 2. The van der Waals surface area contributed by atoms with Crippen LogP contribution in [0.25, 0.3) is 22.2 Å². The molecule has 0 saturated heterocycles. The van der Waals surface area contributed by atoms with Gasteiger partial charge in [0, 0.05) is 25.8 Å². The van der Waals surface area contributed by atoms with Gasteiger partial charge in [-0.1, -0.05) is 39.7 Å². The fourth-order valence-corrected chi connectivity index (χ4v) is 3.78. The molecule has 0 aliphatic carbocycles. The fourth-order valence-electron chi connectivity index (χ4n) is 2.62. The minimum Gasteiger partial charge on any atom is -0.422 e. The third kappa shape index (κ3) is 4.01. The lowest BCUT2D eigenvalue weighted by Crippen LogP contribution is -2.13. The van der Waals surface area contributed by atoms with E-state index in [1.54, 1.807) is 19.1 Å². The van der Waals surface area contributed by atoms with Gasteiger partial charge in [-0.05, 0) is 43.3 Å². The van der Waals surface area contributed by atoms with Crippen molar-refractivity contribution in [1.29, 1.82) is 0 Å². The number of hydrogen-bond donors (Lipinski definition) is 1. The molecule has 0 unspecified atom stereocenters.